The number of benzene rings is 1. The summed E-state index contributed by atoms with van der Waals surface area (Å²) >= 11 is 1.95. The third-order valence-electron chi connectivity index (χ3n) is 3.45. The predicted octanol–water partition coefficient (Wildman–Crippen LogP) is 3.45. The molecule has 0 spiro atoms. The van der Waals surface area contributed by atoms with Crippen LogP contribution in [0.3, 0.4) is 0 Å². The third-order valence-corrected chi connectivity index (χ3v) is 4.89. The molecule has 1 saturated carbocycles. The zero-order chi connectivity index (χ0) is 13.7. The summed E-state index contributed by atoms with van der Waals surface area (Å²) in [5.74, 6) is 6.22. The van der Waals surface area contributed by atoms with E-state index in [0.29, 0.717) is 5.69 Å². The van der Waals surface area contributed by atoms with Crippen LogP contribution in [-0.4, -0.2) is 10.2 Å². The number of nitrogens with two attached hydrogens (primary N) is 1. The standard InChI is InChI=1S/C13H19N3O2S/c14-15-12-8-10(6-7-13(12)16(17)18)9-19-11-4-2-1-3-5-11/h6-8,11,15H,1-5,9,14H2. The number of thioether (sulfide) groups is 1. The van der Waals surface area contributed by atoms with Crippen LogP contribution in [0.25, 0.3) is 0 Å². The Bertz CT molecular complexity index is 448. The van der Waals surface area contributed by atoms with Crippen LogP contribution in [0.4, 0.5) is 11.4 Å². The van der Waals surface area contributed by atoms with Gasteiger partial charge in [-0.05, 0) is 24.5 Å². The Morgan fingerprint density at radius 2 is 2.11 bits per heavy atom. The minimum Gasteiger partial charge on any atom is -0.318 e. The summed E-state index contributed by atoms with van der Waals surface area (Å²) in [6, 6.07) is 5.11. The van der Waals surface area contributed by atoms with Crippen molar-refractivity contribution in [3.63, 3.8) is 0 Å². The average molecular weight is 281 g/mol. The van der Waals surface area contributed by atoms with Gasteiger partial charge in [0.1, 0.15) is 5.69 Å². The maximum Gasteiger partial charge on any atom is 0.293 e. The van der Waals surface area contributed by atoms with Crippen molar-refractivity contribution in [2.75, 3.05) is 5.43 Å². The van der Waals surface area contributed by atoms with Crippen LogP contribution < -0.4 is 11.3 Å². The zero-order valence-electron chi connectivity index (χ0n) is 10.8. The van der Waals surface area contributed by atoms with Gasteiger partial charge in [-0.1, -0.05) is 25.3 Å². The lowest BCUT2D eigenvalue weighted by atomic mass is 10.0. The lowest BCUT2D eigenvalue weighted by molar-refractivity contribution is -0.384. The average Bonchev–Trinajstić information content (AvgIpc) is 2.45. The first-order chi connectivity index (χ1) is 9.20. The van der Waals surface area contributed by atoms with E-state index in [4.69, 9.17) is 5.84 Å². The van der Waals surface area contributed by atoms with Crippen molar-refractivity contribution < 1.29 is 4.92 Å². The van der Waals surface area contributed by atoms with Gasteiger partial charge in [-0.15, -0.1) is 0 Å². The van der Waals surface area contributed by atoms with Gasteiger partial charge in [-0.3, -0.25) is 16.0 Å². The van der Waals surface area contributed by atoms with Gasteiger partial charge in [0.2, 0.25) is 0 Å². The Labute approximate surface area is 117 Å². The molecule has 0 amide bonds. The summed E-state index contributed by atoms with van der Waals surface area (Å²) in [5.41, 5.74) is 3.89. The van der Waals surface area contributed by atoms with Crippen molar-refractivity contribution in [2.24, 2.45) is 5.84 Å². The molecule has 2 rings (SSSR count). The number of rotatable bonds is 5. The van der Waals surface area contributed by atoms with Crippen LogP contribution in [0, 0.1) is 10.1 Å². The van der Waals surface area contributed by atoms with Gasteiger partial charge in [0.05, 0.1) is 4.92 Å². The third kappa shape index (κ3) is 3.84. The van der Waals surface area contributed by atoms with E-state index >= 15 is 0 Å². The molecule has 1 aromatic rings. The van der Waals surface area contributed by atoms with E-state index in [2.05, 4.69) is 5.43 Å². The highest BCUT2D eigenvalue weighted by molar-refractivity contribution is 7.99. The molecule has 0 atom stereocenters. The van der Waals surface area contributed by atoms with E-state index in [9.17, 15) is 10.1 Å². The van der Waals surface area contributed by atoms with Gasteiger partial charge >= 0.3 is 0 Å². The van der Waals surface area contributed by atoms with E-state index in [1.54, 1.807) is 6.07 Å². The van der Waals surface area contributed by atoms with Crippen molar-refractivity contribution >= 4 is 23.1 Å². The van der Waals surface area contributed by atoms with Crippen molar-refractivity contribution in [2.45, 2.75) is 43.1 Å². The molecule has 1 aliphatic carbocycles. The number of nitro groups is 1. The highest BCUT2D eigenvalue weighted by atomic mass is 32.2. The molecule has 104 valence electrons. The van der Waals surface area contributed by atoms with Crippen LogP contribution in [0.15, 0.2) is 18.2 Å². The molecule has 5 nitrogen and oxygen atoms in total. The van der Waals surface area contributed by atoms with Gasteiger partial charge in [-0.2, -0.15) is 11.8 Å². The van der Waals surface area contributed by atoms with Gasteiger partial charge in [0, 0.05) is 17.1 Å². The Balaban J connectivity index is 1.98. The quantitative estimate of drug-likeness (QED) is 0.491. The number of hydrogen-bond acceptors (Lipinski definition) is 5. The molecule has 19 heavy (non-hydrogen) atoms. The van der Waals surface area contributed by atoms with Crippen molar-refractivity contribution in [1.29, 1.82) is 0 Å². The van der Waals surface area contributed by atoms with Crippen molar-refractivity contribution in [3.05, 3.63) is 33.9 Å². The Morgan fingerprint density at radius 1 is 1.37 bits per heavy atom. The molecule has 1 aliphatic rings. The first-order valence-corrected chi connectivity index (χ1v) is 7.61. The number of anilines is 1. The lowest BCUT2D eigenvalue weighted by Crippen LogP contribution is -2.10. The Morgan fingerprint density at radius 3 is 2.74 bits per heavy atom. The van der Waals surface area contributed by atoms with Crippen molar-refractivity contribution in [1.82, 2.24) is 0 Å². The Hall–Kier alpha value is -1.27. The molecule has 3 N–H and O–H groups in total. The lowest BCUT2D eigenvalue weighted by Gasteiger charge is -2.21. The summed E-state index contributed by atoms with van der Waals surface area (Å²) in [6.07, 6.45) is 6.59. The molecule has 1 fully saturated rings. The fraction of sp³-hybridized carbons (Fsp3) is 0.538. The molecule has 0 saturated heterocycles. The molecule has 6 heteroatoms. The summed E-state index contributed by atoms with van der Waals surface area (Å²) in [5, 5.41) is 11.5. The van der Waals surface area contributed by atoms with E-state index in [1.165, 1.54) is 38.2 Å². The molecule has 1 aromatic carbocycles. The zero-order valence-corrected chi connectivity index (χ0v) is 11.6. The fourth-order valence-corrected chi connectivity index (χ4v) is 3.67. The van der Waals surface area contributed by atoms with Crippen molar-refractivity contribution in [3.8, 4) is 0 Å². The van der Waals surface area contributed by atoms with E-state index < -0.39 is 4.92 Å². The minimum absolute atomic E-state index is 0.0221. The number of hydrogen-bond donors (Lipinski definition) is 2. The number of nitrogen functional groups attached to an aromatic ring is 1. The fourth-order valence-electron chi connectivity index (χ4n) is 2.39. The van der Waals surface area contributed by atoms with Crippen LogP contribution in [-0.2, 0) is 5.75 Å². The second-order valence-corrected chi connectivity index (χ2v) is 6.11. The van der Waals surface area contributed by atoms with Crippen LogP contribution >= 0.6 is 11.8 Å². The summed E-state index contributed by atoms with van der Waals surface area (Å²) in [6.45, 7) is 0. The number of nitrogens with zero attached hydrogens (tertiary/aromatic N) is 1. The number of hydrazine groups is 1. The maximum absolute atomic E-state index is 10.8. The van der Waals surface area contributed by atoms with Crippen LogP contribution in [0.2, 0.25) is 0 Å². The van der Waals surface area contributed by atoms with Gasteiger partial charge < -0.3 is 5.43 Å². The van der Waals surface area contributed by atoms with Gasteiger partial charge in [0.25, 0.3) is 5.69 Å². The second kappa shape index (κ2) is 6.77. The number of nitro benzene ring substituents is 1. The Kier molecular flexibility index (Phi) is 5.04. The molecule has 0 bridgehead atoms. The molecule has 0 heterocycles. The van der Waals surface area contributed by atoms with E-state index in [1.807, 2.05) is 17.8 Å². The first-order valence-electron chi connectivity index (χ1n) is 6.56. The SMILES string of the molecule is NNc1cc(CSC2CCCCC2)ccc1[N+](=O)[O-]. The summed E-state index contributed by atoms with van der Waals surface area (Å²) in [4.78, 5) is 10.4. The molecular formula is C13H19N3O2S. The topological polar surface area (TPSA) is 81.2 Å². The smallest absolute Gasteiger partial charge is 0.293 e. The van der Waals surface area contributed by atoms with E-state index in [-0.39, 0.29) is 5.69 Å². The normalized spacial score (nSPS) is 16.3. The molecule has 0 aromatic heterocycles. The molecule has 0 unspecified atom stereocenters. The molecule has 0 radical (unpaired) electrons. The second-order valence-electron chi connectivity index (χ2n) is 4.82. The largest absolute Gasteiger partial charge is 0.318 e. The molecule has 0 aliphatic heterocycles. The number of nitrogens with one attached hydrogen (secondary N) is 1. The van der Waals surface area contributed by atoms with Gasteiger partial charge in [0.15, 0.2) is 0 Å². The maximum atomic E-state index is 10.8. The highest BCUT2D eigenvalue weighted by Crippen LogP contribution is 2.32. The summed E-state index contributed by atoms with van der Waals surface area (Å²) < 4.78 is 0. The predicted molar refractivity (Wildman–Crippen MR) is 79.1 cm³/mol. The monoisotopic (exact) mass is 281 g/mol. The molecular weight excluding hydrogens is 262 g/mol. The van der Waals surface area contributed by atoms with Crippen LogP contribution in [0.5, 0.6) is 0 Å². The highest BCUT2D eigenvalue weighted by Gasteiger charge is 2.16. The summed E-state index contributed by atoms with van der Waals surface area (Å²) in [7, 11) is 0. The minimum atomic E-state index is -0.423. The van der Waals surface area contributed by atoms with Crippen LogP contribution in [0.1, 0.15) is 37.7 Å². The van der Waals surface area contributed by atoms with Gasteiger partial charge in [-0.25, -0.2) is 0 Å². The first kappa shape index (κ1) is 14.1. The van der Waals surface area contributed by atoms with E-state index in [0.717, 1.165) is 16.6 Å².